The minimum Gasteiger partial charge on any atom is -0.459 e. The maximum absolute atomic E-state index is 11.4. The molecular weight excluding hydrogens is 196 g/mol. The largest absolute Gasteiger partial charge is 0.459 e. The molecule has 1 rings (SSSR count). The summed E-state index contributed by atoms with van der Waals surface area (Å²) in [5.41, 5.74) is 0. The summed E-state index contributed by atoms with van der Waals surface area (Å²) < 4.78 is 10.5. The van der Waals surface area contributed by atoms with Crippen LogP contribution in [0.25, 0.3) is 0 Å². The summed E-state index contributed by atoms with van der Waals surface area (Å²) >= 11 is 0. The van der Waals surface area contributed by atoms with Gasteiger partial charge in [-0.25, -0.2) is 0 Å². The van der Waals surface area contributed by atoms with Crippen LogP contribution in [0.3, 0.4) is 0 Å². The molecule has 0 aromatic rings. The molecule has 2 atom stereocenters. The molecule has 15 heavy (non-hydrogen) atoms. The lowest BCUT2D eigenvalue weighted by Crippen LogP contribution is -2.30. The van der Waals surface area contributed by atoms with Gasteiger partial charge in [-0.2, -0.15) is 0 Å². The summed E-state index contributed by atoms with van der Waals surface area (Å²) in [6.45, 7) is 2.59. The van der Waals surface area contributed by atoms with Crippen LogP contribution in [-0.2, 0) is 14.3 Å². The fourth-order valence-corrected chi connectivity index (χ4v) is 1.68. The molecule has 0 radical (unpaired) electrons. The Hall–Kier alpha value is -0.610. The summed E-state index contributed by atoms with van der Waals surface area (Å²) in [4.78, 5) is 11.4. The van der Waals surface area contributed by atoms with Gasteiger partial charge in [0.05, 0.1) is 13.2 Å². The lowest BCUT2D eigenvalue weighted by molar-refractivity contribution is -0.152. The van der Waals surface area contributed by atoms with Gasteiger partial charge in [-0.1, -0.05) is 19.8 Å². The lowest BCUT2D eigenvalue weighted by atomic mass is 10.2. The van der Waals surface area contributed by atoms with Crippen LogP contribution in [0.15, 0.2) is 0 Å². The minimum atomic E-state index is -0.319. The molecule has 1 saturated heterocycles. The first-order chi connectivity index (χ1) is 7.27. The van der Waals surface area contributed by atoms with Crippen molar-refractivity contribution in [2.45, 2.75) is 51.2 Å². The van der Waals surface area contributed by atoms with Gasteiger partial charge >= 0.3 is 5.97 Å². The maximum Gasteiger partial charge on any atom is 0.306 e. The van der Waals surface area contributed by atoms with Crippen LogP contribution in [0.1, 0.15) is 39.0 Å². The number of carbonyl (C=O) groups is 1. The molecule has 0 aliphatic carbocycles. The monoisotopic (exact) mass is 216 g/mol. The van der Waals surface area contributed by atoms with Gasteiger partial charge in [0.1, 0.15) is 12.2 Å². The zero-order chi connectivity index (χ0) is 11.1. The van der Waals surface area contributed by atoms with Gasteiger partial charge < -0.3 is 14.6 Å². The van der Waals surface area contributed by atoms with E-state index in [9.17, 15) is 4.79 Å². The van der Waals surface area contributed by atoms with E-state index in [-0.39, 0.29) is 24.8 Å². The van der Waals surface area contributed by atoms with Crippen LogP contribution in [0.5, 0.6) is 0 Å². The Morgan fingerprint density at radius 1 is 1.53 bits per heavy atom. The molecule has 1 unspecified atom stereocenters. The Morgan fingerprint density at radius 2 is 2.33 bits per heavy atom. The summed E-state index contributed by atoms with van der Waals surface area (Å²) in [6.07, 6.45) is 3.64. The van der Waals surface area contributed by atoms with Gasteiger partial charge in [0.15, 0.2) is 0 Å². The van der Waals surface area contributed by atoms with Crippen molar-refractivity contribution < 1.29 is 19.4 Å². The SMILES string of the molecule is CCCCCC(=O)O[C@H]1CCOC1CO. The number of hydrogen-bond donors (Lipinski definition) is 1. The van der Waals surface area contributed by atoms with Crippen LogP contribution in [0, 0.1) is 0 Å². The van der Waals surface area contributed by atoms with Crippen molar-refractivity contribution in [3.63, 3.8) is 0 Å². The highest BCUT2D eigenvalue weighted by Crippen LogP contribution is 2.17. The number of aliphatic hydroxyl groups is 1. The Morgan fingerprint density at radius 3 is 3.00 bits per heavy atom. The molecule has 1 heterocycles. The Bertz CT molecular complexity index is 193. The Kier molecular flexibility index (Phi) is 5.65. The molecule has 1 N–H and O–H groups in total. The van der Waals surface area contributed by atoms with E-state index in [2.05, 4.69) is 6.92 Å². The van der Waals surface area contributed by atoms with Crippen molar-refractivity contribution in [1.82, 2.24) is 0 Å². The molecule has 0 aromatic heterocycles. The molecule has 0 amide bonds. The van der Waals surface area contributed by atoms with Crippen LogP contribution >= 0.6 is 0 Å². The molecule has 1 fully saturated rings. The fraction of sp³-hybridized carbons (Fsp3) is 0.909. The second-order valence-electron chi connectivity index (χ2n) is 3.87. The van der Waals surface area contributed by atoms with Crippen molar-refractivity contribution in [3.05, 3.63) is 0 Å². The fourth-order valence-electron chi connectivity index (χ4n) is 1.68. The number of esters is 1. The number of unbranched alkanes of at least 4 members (excludes halogenated alkanes) is 2. The molecular formula is C11H20O4. The highest BCUT2D eigenvalue weighted by molar-refractivity contribution is 5.69. The average Bonchev–Trinajstić information content (AvgIpc) is 2.65. The van der Waals surface area contributed by atoms with Gasteiger partial charge in [0.2, 0.25) is 0 Å². The van der Waals surface area contributed by atoms with Crippen molar-refractivity contribution >= 4 is 5.97 Å². The first-order valence-corrected chi connectivity index (χ1v) is 5.70. The van der Waals surface area contributed by atoms with E-state index in [4.69, 9.17) is 14.6 Å². The second-order valence-corrected chi connectivity index (χ2v) is 3.87. The minimum absolute atomic E-state index is 0.0765. The summed E-state index contributed by atoms with van der Waals surface area (Å²) in [6, 6.07) is 0. The van der Waals surface area contributed by atoms with E-state index < -0.39 is 0 Å². The van der Waals surface area contributed by atoms with Crippen molar-refractivity contribution in [2.75, 3.05) is 13.2 Å². The maximum atomic E-state index is 11.4. The quantitative estimate of drug-likeness (QED) is 0.536. The molecule has 0 bridgehead atoms. The predicted molar refractivity (Wildman–Crippen MR) is 55.5 cm³/mol. The molecule has 0 spiro atoms. The topological polar surface area (TPSA) is 55.8 Å². The molecule has 1 aliphatic heterocycles. The zero-order valence-electron chi connectivity index (χ0n) is 9.28. The predicted octanol–water partition coefficient (Wildman–Crippen LogP) is 1.26. The standard InChI is InChI=1S/C11H20O4/c1-2-3-4-5-11(13)15-9-6-7-14-10(9)8-12/h9-10,12H,2-8H2,1H3/t9-,10?/m0/s1. The van der Waals surface area contributed by atoms with Gasteiger partial charge in [-0.05, 0) is 6.42 Å². The van der Waals surface area contributed by atoms with E-state index in [1.807, 2.05) is 0 Å². The molecule has 4 heteroatoms. The first kappa shape index (κ1) is 12.5. The van der Waals surface area contributed by atoms with Gasteiger partial charge in [0, 0.05) is 12.8 Å². The molecule has 0 aromatic carbocycles. The van der Waals surface area contributed by atoms with E-state index in [1.54, 1.807) is 0 Å². The van der Waals surface area contributed by atoms with E-state index in [0.29, 0.717) is 19.4 Å². The molecule has 4 nitrogen and oxygen atoms in total. The van der Waals surface area contributed by atoms with Crippen LogP contribution in [0.4, 0.5) is 0 Å². The first-order valence-electron chi connectivity index (χ1n) is 5.70. The average molecular weight is 216 g/mol. The van der Waals surface area contributed by atoms with Crippen molar-refractivity contribution in [1.29, 1.82) is 0 Å². The normalized spacial score (nSPS) is 25.5. The highest BCUT2D eigenvalue weighted by atomic mass is 16.6. The van der Waals surface area contributed by atoms with Crippen molar-refractivity contribution in [3.8, 4) is 0 Å². The molecule has 1 aliphatic rings. The van der Waals surface area contributed by atoms with Crippen LogP contribution in [0.2, 0.25) is 0 Å². The third kappa shape index (κ3) is 4.18. The smallest absolute Gasteiger partial charge is 0.306 e. The number of hydrogen-bond acceptors (Lipinski definition) is 4. The zero-order valence-corrected chi connectivity index (χ0v) is 9.28. The third-order valence-corrected chi connectivity index (χ3v) is 2.60. The Balaban J connectivity index is 2.19. The van der Waals surface area contributed by atoms with Gasteiger partial charge in [0.25, 0.3) is 0 Å². The summed E-state index contributed by atoms with van der Waals surface area (Å²) in [5, 5.41) is 8.95. The van der Waals surface area contributed by atoms with E-state index in [1.165, 1.54) is 0 Å². The number of rotatable bonds is 6. The lowest BCUT2D eigenvalue weighted by Gasteiger charge is -2.16. The summed E-state index contributed by atoms with van der Waals surface area (Å²) in [5.74, 6) is -0.169. The number of ether oxygens (including phenoxy) is 2. The highest BCUT2D eigenvalue weighted by Gasteiger charge is 2.30. The van der Waals surface area contributed by atoms with E-state index >= 15 is 0 Å². The summed E-state index contributed by atoms with van der Waals surface area (Å²) in [7, 11) is 0. The van der Waals surface area contributed by atoms with Crippen LogP contribution < -0.4 is 0 Å². The second kappa shape index (κ2) is 6.80. The van der Waals surface area contributed by atoms with Gasteiger partial charge in [-0.3, -0.25) is 4.79 Å². The number of aliphatic hydroxyl groups excluding tert-OH is 1. The Labute approximate surface area is 90.6 Å². The van der Waals surface area contributed by atoms with E-state index in [0.717, 1.165) is 19.3 Å². The van der Waals surface area contributed by atoms with Crippen molar-refractivity contribution in [2.24, 2.45) is 0 Å². The third-order valence-electron chi connectivity index (χ3n) is 2.60. The van der Waals surface area contributed by atoms with Crippen LogP contribution in [-0.4, -0.2) is 36.5 Å². The molecule has 88 valence electrons. The van der Waals surface area contributed by atoms with Gasteiger partial charge in [-0.15, -0.1) is 0 Å². The molecule has 0 saturated carbocycles. The number of carbonyl (C=O) groups excluding carboxylic acids is 1.